The third kappa shape index (κ3) is 5.66. The van der Waals surface area contributed by atoms with Crippen molar-refractivity contribution in [2.24, 2.45) is 11.1 Å². The Hall–Kier alpha value is -3.96. The van der Waals surface area contributed by atoms with E-state index < -0.39 is 11.5 Å². The molecule has 0 aliphatic heterocycles. The summed E-state index contributed by atoms with van der Waals surface area (Å²) in [5.74, 6) is 0.692. The average molecular weight is 616 g/mol. The zero-order valence-corrected chi connectivity index (χ0v) is 25.7. The molecule has 4 aliphatic carbocycles. The summed E-state index contributed by atoms with van der Waals surface area (Å²) in [6, 6.07) is 3.84. The first-order chi connectivity index (χ1) is 21.1. The Labute approximate surface area is 259 Å². The van der Waals surface area contributed by atoms with E-state index in [-0.39, 0.29) is 30.1 Å². The van der Waals surface area contributed by atoms with Gasteiger partial charge in [-0.05, 0) is 76.3 Å². The monoisotopic (exact) mass is 615 g/mol. The number of pyridine rings is 1. The van der Waals surface area contributed by atoms with Gasteiger partial charge in [0.1, 0.15) is 23.5 Å². The van der Waals surface area contributed by atoms with Gasteiger partial charge in [0.2, 0.25) is 5.88 Å². The Morgan fingerprint density at radius 2 is 2.00 bits per heavy atom. The molecule has 1 spiro atoms. The van der Waals surface area contributed by atoms with E-state index in [9.17, 15) is 14.7 Å². The zero-order valence-electron chi connectivity index (χ0n) is 24.9. The van der Waals surface area contributed by atoms with E-state index in [0.717, 1.165) is 61.7 Å². The summed E-state index contributed by atoms with van der Waals surface area (Å²) in [7, 11) is 0. The molecule has 230 valence electrons. The Balaban J connectivity index is 0.963. The van der Waals surface area contributed by atoms with E-state index in [4.69, 9.17) is 15.2 Å². The first-order valence-electron chi connectivity index (χ1n) is 15.3. The molecule has 3 aromatic rings. The van der Waals surface area contributed by atoms with Crippen LogP contribution in [0.2, 0.25) is 0 Å². The molecule has 4 N–H and O–H groups in total. The number of carbonyl (C=O) groups excluding carboxylic acids is 2. The van der Waals surface area contributed by atoms with Crippen LogP contribution >= 0.6 is 11.3 Å². The van der Waals surface area contributed by atoms with Crippen LogP contribution in [-0.2, 0) is 0 Å². The number of hydrogen-bond acceptors (Lipinski definition) is 8. The topological polar surface area (TPSA) is 141 Å². The van der Waals surface area contributed by atoms with Crippen molar-refractivity contribution in [2.75, 3.05) is 6.61 Å². The fraction of sp³-hybridized carbons (Fsp3) is 0.455. The number of nitrogens with one attached hydrogen (secondary N) is 1. The Kier molecular flexibility index (Phi) is 7.12. The predicted octanol–water partition coefficient (Wildman–Crippen LogP) is 4.94. The summed E-state index contributed by atoms with van der Waals surface area (Å²) in [6.07, 6.45) is 18.1. The van der Waals surface area contributed by atoms with Gasteiger partial charge in [0.25, 0.3) is 11.8 Å². The Morgan fingerprint density at radius 1 is 1.20 bits per heavy atom. The second-order valence-electron chi connectivity index (χ2n) is 13.2. The molecular formula is C33H37N5O5S. The van der Waals surface area contributed by atoms with Crippen LogP contribution in [-0.4, -0.2) is 55.9 Å². The van der Waals surface area contributed by atoms with Crippen molar-refractivity contribution in [1.29, 1.82) is 0 Å². The van der Waals surface area contributed by atoms with E-state index >= 15 is 0 Å². The second-order valence-corrected chi connectivity index (χ2v) is 14.2. The van der Waals surface area contributed by atoms with Gasteiger partial charge in [0.05, 0.1) is 28.6 Å². The number of allylic oxidation sites excluding steroid dienone is 6. The van der Waals surface area contributed by atoms with Gasteiger partial charge < -0.3 is 25.6 Å². The number of aromatic nitrogens is 3. The van der Waals surface area contributed by atoms with Gasteiger partial charge in [-0.2, -0.15) is 5.10 Å². The quantitative estimate of drug-likeness (QED) is 0.294. The van der Waals surface area contributed by atoms with Gasteiger partial charge >= 0.3 is 0 Å². The Morgan fingerprint density at radius 3 is 2.73 bits per heavy atom. The van der Waals surface area contributed by atoms with Crippen LogP contribution in [0.15, 0.2) is 48.7 Å². The molecule has 44 heavy (non-hydrogen) atoms. The van der Waals surface area contributed by atoms with Crippen LogP contribution < -0.4 is 20.5 Å². The van der Waals surface area contributed by atoms with E-state index in [2.05, 4.69) is 27.6 Å². The van der Waals surface area contributed by atoms with E-state index in [0.29, 0.717) is 33.0 Å². The first kappa shape index (κ1) is 28.8. The molecule has 0 radical (unpaired) electrons. The van der Waals surface area contributed by atoms with Crippen LogP contribution in [0.3, 0.4) is 0 Å². The first-order valence-corrected chi connectivity index (χ1v) is 16.1. The number of thiazole rings is 1. The van der Waals surface area contributed by atoms with Gasteiger partial charge in [-0.25, -0.2) is 9.50 Å². The van der Waals surface area contributed by atoms with Gasteiger partial charge in [-0.3, -0.25) is 9.59 Å². The molecular weight excluding hydrogens is 578 g/mol. The molecule has 2 amide bonds. The van der Waals surface area contributed by atoms with Crippen molar-refractivity contribution in [3.8, 4) is 11.6 Å². The fourth-order valence-corrected chi connectivity index (χ4v) is 7.41. The van der Waals surface area contributed by atoms with Crippen LogP contribution in [0.1, 0.15) is 95.4 Å². The lowest BCUT2D eigenvalue weighted by Crippen LogP contribution is -2.58. The van der Waals surface area contributed by atoms with Crippen molar-refractivity contribution in [3.05, 3.63) is 69.9 Å². The summed E-state index contributed by atoms with van der Waals surface area (Å²) >= 11 is 1.26. The van der Waals surface area contributed by atoms with Gasteiger partial charge in [-0.1, -0.05) is 30.4 Å². The molecule has 0 bridgehead atoms. The van der Waals surface area contributed by atoms with Gasteiger partial charge in [-0.15, -0.1) is 11.3 Å². The lowest BCUT2D eigenvalue weighted by molar-refractivity contribution is -0.0846. The minimum absolute atomic E-state index is 0.0356. The molecule has 3 heterocycles. The summed E-state index contributed by atoms with van der Waals surface area (Å²) in [5, 5.41) is 18.6. The molecule has 0 unspecified atom stereocenters. The van der Waals surface area contributed by atoms with Gasteiger partial charge in [0, 0.05) is 17.5 Å². The molecule has 0 aromatic carbocycles. The SMILES string of the molecule is CC(C)(O)COc1ccc2c(C(=O)NC3CC4(C3)CC(Oc3nc(C5=CC=CCC=C5)sc3C(N)=O)C4)cnn2c1C1CC1. The number of rotatable bonds is 10. The number of hydrogen-bond donors (Lipinski definition) is 3. The highest BCUT2D eigenvalue weighted by Gasteiger charge is 2.54. The molecule has 7 rings (SSSR count). The zero-order chi connectivity index (χ0) is 30.6. The molecule has 3 aromatic heterocycles. The number of carbonyl (C=O) groups is 2. The molecule has 11 heteroatoms. The third-order valence-corrected chi connectivity index (χ3v) is 9.91. The highest BCUT2D eigenvalue weighted by molar-refractivity contribution is 7.15. The highest BCUT2D eigenvalue weighted by Crippen LogP contribution is 2.57. The third-order valence-electron chi connectivity index (χ3n) is 8.81. The molecule has 4 aliphatic rings. The smallest absolute Gasteiger partial charge is 0.264 e. The van der Waals surface area contributed by atoms with E-state index in [1.807, 2.05) is 34.9 Å². The van der Waals surface area contributed by atoms with Crippen LogP contribution in [0.25, 0.3) is 11.1 Å². The largest absolute Gasteiger partial charge is 0.489 e. The molecule has 3 saturated carbocycles. The molecule has 0 atom stereocenters. The van der Waals surface area contributed by atoms with Crippen molar-refractivity contribution in [2.45, 2.75) is 82.5 Å². The van der Waals surface area contributed by atoms with Crippen LogP contribution in [0.4, 0.5) is 0 Å². The van der Waals surface area contributed by atoms with Crippen molar-refractivity contribution < 1.29 is 24.2 Å². The summed E-state index contributed by atoms with van der Waals surface area (Å²) in [5.41, 5.74) is 8.03. The molecule has 3 fully saturated rings. The maximum atomic E-state index is 13.3. The maximum absolute atomic E-state index is 13.3. The maximum Gasteiger partial charge on any atom is 0.264 e. The average Bonchev–Trinajstić information content (AvgIpc) is 3.62. The fourth-order valence-electron chi connectivity index (χ4n) is 6.56. The minimum Gasteiger partial charge on any atom is -0.489 e. The van der Waals surface area contributed by atoms with E-state index in [1.54, 1.807) is 20.0 Å². The number of amides is 2. The number of fused-ring (bicyclic) bond motifs is 1. The second kappa shape index (κ2) is 10.9. The number of nitrogens with zero attached hydrogens (tertiary/aromatic N) is 3. The lowest BCUT2D eigenvalue weighted by Gasteiger charge is -2.57. The number of primary amides is 1. The number of aliphatic hydroxyl groups is 1. The number of nitrogens with two attached hydrogens (primary N) is 1. The molecule has 10 nitrogen and oxygen atoms in total. The van der Waals surface area contributed by atoms with Crippen molar-refractivity contribution in [3.63, 3.8) is 0 Å². The van der Waals surface area contributed by atoms with Crippen molar-refractivity contribution >= 4 is 34.2 Å². The predicted molar refractivity (Wildman–Crippen MR) is 167 cm³/mol. The lowest BCUT2D eigenvalue weighted by atomic mass is 9.53. The van der Waals surface area contributed by atoms with Crippen LogP contribution in [0.5, 0.6) is 11.6 Å². The van der Waals surface area contributed by atoms with Crippen molar-refractivity contribution in [1.82, 2.24) is 19.9 Å². The normalized spacial score (nSPS) is 24.4. The van der Waals surface area contributed by atoms with Crippen LogP contribution in [0, 0.1) is 5.41 Å². The van der Waals surface area contributed by atoms with E-state index in [1.165, 1.54) is 11.3 Å². The highest BCUT2D eigenvalue weighted by atomic mass is 32.1. The number of ether oxygens (including phenoxy) is 2. The summed E-state index contributed by atoms with van der Waals surface area (Å²) in [6.45, 7) is 3.60. The van der Waals surface area contributed by atoms with Gasteiger partial charge in [0.15, 0.2) is 4.88 Å². The Bertz CT molecular complexity index is 1710. The molecule has 0 saturated heterocycles. The standard InChI is InChI=1S/C33H37N5O5S/c1-32(2,41)18-42-25-12-11-24-23(17-35-38(24)26(25)19-9-10-19)29(40)36-21-13-33(14-21)15-22(16-33)43-30-27(28(34)39)44-31(37-30)20-7-5-3-4-6-8-20/h3,5-8,11-12,17,19,21-22,41H,4,9-10,13-16,18H2,1-2H3,(H2,34,39)(H,36,40). The summed E-state index contributed by atoms with van der Waals surface area (Å²) in [4.78, 5) is 30.4. The summed E-state index contributed by atoms with van der Waals surface area (Å²) < 4.78 is 14.0. The minimum atomic E-state index is -0.948.